The normalized spacial score (nSPS) is 15.4. The van der Waals surface area contributed by atoms with Crippen LogP contribution in [0.15, 0.2) is 24.3 Å². The van der Waals surface area contributed by atoms with Gasteiger partial charge in [-0.15, -0.1) is 0 Å². The molecule has 1 atom stereocenters. The lowest BCUT2D eigenvalue weighted by molar-refractivity contribution is 0.167. The van der Waals surface area contributed by atoms with Crippen LogP contribution in [0.2, 0.25) is 0 Å². The number of amides is 2. The van der Waals surface area contributed by atoms with Crippen LogP contribution in [0.3, 0.4) is 0 Å². The zero-order valence-corrected chi connectivity index (χ0v) is 12.7. The van der Waals surface area contributed by atoms with Crippen molar-refractivity contribution in [3.05, 3.63) is 24.3 Å². The minimum absolute atomic E-state index is 0.196. The lowest BCUT2D eigenvalue weighted by atomic mass is 10.2. The maximum absolute atomic E-state index is 12.1. The van der Waals surface area contributed by atoms with Crippen molar-refractivity contribution in [3.8, 4) is 5.75 Å². The number of anilines is 1. The number of benzene rings is 1. The molecule has 1 fully saturated rings. The highest BCUT2D eigenvalue weighted by Crippen LogP contribution is 2.31. The van der Waals surface area contributed by atoms with Gasteiger partial charge in [0.25, 0.3) is 0 Å². The van der Waals surface area contributed by atoms with E-state index in [0.717, 1.165) is 0 Å². The van der Waals surface area contributed by atoms with Crippen molar-refractivity contribution in [1.29, 1.82) is 0 Å². The van der Waals surface area contributed by atoms with Crippen LogP contribution in [0, 0.1) is 5.92 Å². The number of ether oxygens (including phenoxy) is 1. The average Bonchev–Trinajstić information content (AvgIpc) is 3.27. The molecule has 1 aromatic carbocycles. The first kappa shape index (κ1) is 15.6. The number of hydrogen-bond acceptors (Lipinski definition) is 3. The predicted octanol–water partition coefficient (Wildman–Crippen LogP) is 2.71. The number of carbonyl (C=O) groups is 1. The summed E-state index contributed by atoms with van der Waals surface area (Å²) in [6.07, 6.45) is 2.62. The molecule has 1 aromatic rings. The van der Waals surface area contributed by atoms with Gasteiger partial charge in [0.1, 0.15) is 5.75 Å². The molecule has 0 bridgehead atoms. The summed E-state index contributed by atoms with van der Waals surface area (Å²) in [6, 6.07) is 7.28. The van der Waals surface area contributed by atoms with Crippen LogP contribution in [0.25, 0.3) is 0 Å². The van der Waals surface area contributed by atoms with Gasteiger partial charge in [0, 0.05) is 13.6 Å². The Morgan fingerprint density at radius 1 is 1.48 bits per heavy atom. The summed E-state index contributed by atoms with van der Waals surface area (Å²) >= 11 is 0. The Labute approximate surface area is 125 Å². The molecule has 0 radical (unpaired) electrons. The maximum atomic E-state index is 12.1. The van der Waals surface area contributed by atoms with Crippen molar-refractivity contribution in [2.24, 2.45) is 5.92 Å². The zero-order valence-electron chi connectivity index (χ0n) is 12.7. The van der Waals surface area contributed by atoms with Crippen molar-refractivity contribution in [1.82, 2.24) is 4.90 Å². The van der Waals surface area contributed by atoms with Crippen LogP contribution < -0.4 is 10.1 Å². The molecule has 1 unspecified atom stereocenters. The highest BCUT2D eigenvalue weighted by molar-refractivity contribution is 5.90. The Morgan fingerprint density at radius 2 is 2.19 bits per heavy atom. The van der Waals surface area contributed by atoms with Crippen LogP contribution in [-0.2, 0) is 0 Å². The van der Waals surface area contributed by atoms with Crippen LogP contribution >= 0.6 is 0 Å². The fourth-order valence-electron chi connectivity index (χ4n) is 1.88. The van der Waals surface area contributed by atoms with Crippen LogP contribution in [-0.4, -0.2) is 42.3 Å². The third kappa shape index (κ3) is 5.27. The SMILES string of the molecule is CC(O)CCN(C)C(=O)Nc1ccccc1OCC1CC1. The van der Waals surface area contributed by atoms with Gasteiger partial charge in [-0.1, -0.05) is 12.1 Å². The van der Waals surface area contributed by atoms with Gasteiger partial charge in [-0.3, -0.25) is 0 Å². The topological polar surface area (TPSA) is 61.8 Å². The first-order valence-corrected chi connectivity index (χ1v) is 7.48. The molecule has 2 amide bonds. The second kappa shape index (κ2) is 7.31. The molecule has 1 saturated carbocycles. The largest absolute Gasteiger partial charge is 0.491 e. The van der Waals surface area contributed by atoms with E-state index in [2.05, 4.69) is 5.32 Å². The summed E-state index contributed by atoms with van der Waals surface area (Å²) in [5.41, 5.74) is 0.687. The molecular weight excluding hydrogens is 268 g/mol. The smallest absolute Gasteiger partial charge is 0.321 e. The molecular formula is C16H24N2O3. The number of para-hydroxylation sites is 2. The maximum Gasteiger partial charge on any atom is 0.321 e. The van der Waals surface area contributed by atoms with Gasteiger partial charge < -0.3 is 20.1 Å². The molecule has 5 nitrogen and oxygen atoms in total. The van der Waals surface area contributed by atoms with E-state index in [4.69, 9.17) is 4.74 Å². The molecule has 0 spiro atoms. The molecule has 1 aliphatic rings. The third-order valence-electron chi connectivity index (χ3n) is 3.53. The van der Waals surface area contributed by atoms with E-state index in [9.17, 15) is 9.90 Å². The van der Waals surface area contributed by atoms with Gasteiger partial charge in [-0.25, -0.2) is 4.79 Å². The number of urea groups is 1. The molecule has 0 aliphatic heterocycles. The monoisotopic (exact) mass is 292 g/mol. The number of nitrogens with one attached hydrogen (secondary N) is 1. The first-order valence-electron chi connectivity index (χ1n) is 7.48. The molecule has 0 heterocycles. The summed E-state index contributed by atoms with van der Waals surface area (Å²) in [5.74, 6) is 1.38. The molecule has 21 heavy (non-hydrogen) atoms. The Bertz CT molecular complexity index is 472. The average molecular weight is 292 g/mol. The third-order valence-corrected chi connectivity index (χ3v) is 3.53. The summed E-state index contributed by atoms with van der Waals surface area (Å²) in [7, 11) is 1.71. The lowest BCUT2D eigenvalue weighted by Gasteiger charge is -2.20. The minimum atomic E-state index is -0.408. The van der Waals surface area contributed by atoms with Gasteiger partial charge in [0.15, 0.2) is 0 Å². The van der Waals surface area contributed by atoms with E-state index in [1.54, 1.807) is 18.9 Å². The molecule has 1 aliphatic carbocycles. The summed E-state index contributed by atoms with van der Waals surface area (Å²) in [4.78, 5) is 13.7. The fourth-order valence-corrected chi connectivity index (χ4v) is 1.88. The minimum Gasteiger partial charge on any atom is -0.491 e. The molecule has 5 heteroatoms. The van der Waals surface area contributed by atoms with Crippen LogP contribution in [0.4, 0.5) is 10.5 Å². The molecule has 2 rings (SSSR count). The Hall–Kier alpha value is -1.75. The van der Waals surface area contributed by atoms with Gasteiger partial charge >= 0.3 is 6.03 Å². The second-order valence-electron chi connectivity index (χ2n) is 5.74. The van der Waals surface area contributed by atoms with E-state index in [-0.39, 0.29) is 6.03 Å². The summed E-state index contributed by atoms with van der Waals surface area (Å²) in [5, 5.41) is 12.1. The Balaban J connectivity index is 1.89. The van der Waals surface area contributed by atoms with Crippen LogP contribution in [0.5, 0.6) is 5.75 Å². The first-order chi connectivity index (χ1) is 10.1. The highest BCUT2D eigenvalue weighted by Gasteiger charge is 2.22. The highest BCUT2D eigenvalue weighted by atomic mass is 16.5. The van der Waals surface area contributed by atoms with E-state index in [0.29, 0.717) is 36.9 Å². The molecule has 0 aromatic heterocycles. The number of hydrogen-bond donors (Lipinski definition) is 2. The van der Waals surface area contributed by atoms with E-state index in [1.807, 2.05) is 24.3 Å². The van der Waals surface area contributed by atoms with Crippen molar-refractivity contribution in [2.45, 2.75) is 32.3 Å². The molecule has 2 N–H and O–H groups in total. The summed E-state index contributed by atoms with van der Waals surface area (Å²) in [6.45, 7) is 2.94. The van der Waals surface area contributed by atoms with Crippen molar-refractivity contribution in [3.63, 3.8) is 0 Å². The zero-order chi connectivity index (χ0) is 15.2. The predicted molar refractivity (Wildman–Crippen MR) is 82.6 cm³/mol. The molecule has 116 valence electrons. The van der Waals surface area contributed by atoms with Gasteiger partial charge in [-0.2, -0.15) is 0 Å². The standard InChI is InChI=1S/C16H24N2O3/c1-12(19)9-10-18(2)16(20)17-14-5-3-4-6-15(14)21-11-13-7-8-13/h3-6,12-13,19H,7-11H2,1-2H3,(H,17,20). The number of aliphatic hydroxyl groups is 1. The van der Waals surface area contributed by atoms with E-state index in [1.165, 1.54) is 12.8 Å². The van der Waals surface area contributed by atoms with Crippen molar-refractivity contribution >= 4 is 11.7 Å². The second-order valence-corrected chi connectivity index (χ2v) is 5.74. The Kier molecular flexibility index (Phi) is 5.44. The van der Waals surface area contributed by atoms with E-state index < -0.39 is 6.10 Å². The number of aliphatic hydroxyl groups excluding tert-OH is 1. The lowest BCUT2D eigenvalue weighted by Crippen LogP contribution is -2.33. The fraction of sp³-hybridized carbons (Fsp3) is 0.562. The molecule has 0 saturated heterocycles. The van der Waals surface area contributed by atoms with Gasteiger partial charge in [0.05, 0.1) is 18.4 Å². The van der Waals surface area contributed by atoms with E-state index >= 15 is 0 Å². The van der Waals surface area contributed by atoms with Gasteiger partial charge in [0.2, 0.25) is 0 Å². The Morgan fingerprint density at radius 3 is 2.86 bits per heavy atom. The van der Waals surface area contributed by atoms with Crippen molar-refractivity contribution < 1.29 is 14.6 Å². The number of rotatable bonds is 7. The van der Waals surface area contributed by atoms with Crippen LogP contribution in [0.1, 0.15) is 26.2 Å². The van der Waals surface area contributed by atoms with Crippen molar-refractivity contribution in [2.75, 3.05) is 25.5 Å². The van der Waals surface area contributed by atoms with Gasteiger partial charge in [-0.05, 0) is 44.2 Å². The number of carbonyl (C=O) groups excluding carboxylic acids is 1. The number of nitrogens with zero attached hydrogens (tertiary/aromatic N) is 1. The summed E-state index contributed by atoms with van der Waals surface area (Å²) < 4.78 is 5.77. The quantitative estimate of drug-likeness (QED) is 0.812.